The van der Waals surface area contributed by atoms with Gasteiger partial charge >= 0.3 is 0 Å². The van der Waals surface area contributed by atoms with E-state index in [9.17, 15) is 9.59 Å². The van der Waals surface area contributed by atoms with Crippen molar-refractivity contribution in [3.8, 4) is 5.75 Å². The van der Waals surface area contributed by atoms with Gasteiger partial charge in [-0.25, -0.2) is 4.68 Å². The topological polar surface area (TPSA) is 97.3 Å². The molecule has 28 heavy (non-hydrogen) atoms. The summed E-state index contributed by atoms with van der Waals surface area (Å²) in [7, 11) is 0. The van der Waals surface area contributed by atoms with Crippen molar-refractivity contribution < 1.29 is 14.3 Å². The first kappa shape index (κ1) is 19.9. The van der Waals surface area contributed by atoms with Crippen LogP contribution in [0.25, 0.3) is 0 Å². The van der Waals surface area contributed by atoms with Crippen molar-refractivity contribution in [2.75, 3.05) is 11.9 Å². The third-order valence-electron chi connectivity index (χ3n) is 4.52. The van der Waals surface area contributed by atoms with Crippen LogP contribution in [0.15, 0.2) is 30.3 Å². The van der Waals surface area contributed by atoms with Crippen LogP contribution >= 0.6 is 0 Å². The molecular weight excluding hydrogens is 358 g/mol. The van der Waals surface area contributed by atoms with E-state index < -0.39 is 6.29 Å². The van der Waals surface area contributed by atoms with Crippen LogP contribution < -0.4 is 20.7 Å². The number of hydrogen-bond donors (Lipinski definition) is 3. The quantitative estimate of drug-likeness (QED) is 0.709. The Balaban J connectivity index is 1.62. The minimum absolute atomic E-state index is 0.0175. The molecule has 0 spiro atoms. The summed E-state index contributed by atoms with van der Waals surface area (Å²) >= 11 is 0. The molecule has 8 nitrogen and oxygen atoms in total. The Morgan fingerprint density at radius 3 is 2.71 bits per heavy atom. The van der Waals surface area contributed by atoms with Gasteiger partial charge in [-0.15, -0.1) is 0 Å². The first-order valence-electron chi connectivity index (χ1n) is 9.46. The molecule has 1 saturated heterocycles. The van der Waals surface area contributed by atoms with Crippen LogP contribution in [0.3, 0.4) is 0 Å². The molecule has 8 heteroatoms. The molecular formula is C20H27N5O3. The van der Waals surface area contributed by atoms with Gasteiger partial charge in [-0.1, -0.05) is 26.0 Å². The lowest BCUT2D eigenvalue weighted by atomic mass is 10.0. The summed E-state index contributed by atoms with van der Waals surface area (Å²) in [5, 5.41) is 13.3. The fraction of sp³-hybridized carbons (Fsp3) is 0.450. The third kappa shape index (κ3) is 4.89. The van der Waals surface area contributed by atoms with E-state index in [1.807, 2.05) is 38.1 Å². The maximum Gasteiger partial charge on any atom is 0.263 e. The molecule has 150 valence electrons. The van der Waals surface area contributed by atoms with E-state index in [-0.39, 0.29) is 24.5 Å². The minimum Gasteiger partial charge on any atom is -0.484 e. The molecule has 2 aromatic rings. The highest BCUT2D eigenvalue weighted by Gasteiger charge is 2.26. The lowest BCUT2D eigenvalue weighted by Crippen LogP contribution is -2.52. The van der Waals surface area contributed by atoms with Gasteiger partial charge in [0.15, 0.2) is 12.9 Å². The number of anilines is 1. The van der Waals surface area contributed by atoms with Gasteiger partial charge in [0.2, 0.25) is 5.91 Å². The predicted octanol–water partition coefficient (Wildman–Crippen LogP) is 2.29. The molecule has 1 aromatic carbocycles. The number of ether oxygens (including phenoxy) is 1. The average molecular weight is 385 g/mol. The second kappa shape index (κ2) is 8.43. The predicted molar refractivity (Wildman–Crippen MR) is 106 cm³/mol. The number of amides is 2. The van der Waals surface area contributed by atoms with E-state index in [1.165, 1.54) is 5.56 Å². The number of aryl methyl sites for hydroxylation is 1. The maximum absolute atomic E-state index is 12.3. The summed E-state index contributed by atoms with van der Waals surface area (Å²) in [6.45, 7) is 7.88. The molecule has 0 radical (unpaired) electrons. The second-order valence-corrected chi connectivity index (χ2v) is 7.42. The molecule has 3 rings (SSSR count). The smallest absolute Gasteiger partial charge is 0.263 e. The van der Waals surface area contributed by atoms with Crippen molar-refractivity contribution in [2.24, 2.45) is 0 Å². The lowest BCUT2D eigenvalue weighted by molar-refractivity contribution is -0.125. The Morgan fingerprint density at radius 1 is 1.36 bits per heavy atom. The van der Waals surface area contributed by atoms with Gasteiger partial charge in [0.1, 0.15) is 11.6 Å². The highest BCUT2D eigenvalue weighted by molar-refractivity contribution is 5.91. The van der Waals surface area contributed by atoms with Crippen LogP contribution in [0.2, 0.25) is 0 Å². The zero-order valence-electron chi connectivity index (χ0n) is 16.7. The number of nitrogens with zero attached hydrogens (tertiary/aromatic N) is 2. The zero-order chi connectivity index (χ0) is 20.3. The van der Waals surface area contributed by atoms with Gasteiger partial charge in [0, 0.05) is 18.5 Å². The standard InChI is InChI=1S/C20H27N5O3/c1-12(2)15-5-7-16(8-6-15)28-11-19(27)22-17-9-14(4)24-25(17)20-21-13(3)10-18(26)23-20/h5-9,12-13,20-21H,10-11H2,1-4H3,(H,22,27)(H,23,26). The molecule has 2 atom stereocenters. The van der Waals surface area contributed by atoms with Crippen molar-refractivity contribution in [1.82, 2.24) is 20.4 Å². The van der Waals surface area contributed by atoms with Gasteiger partial charge in [-0.05, 0) is 37.5 Å². The fourth-order valence-corrected chi connectivity index (χ4v) is 3.07. The van der Waals surface area contributed by atoms with E-state index in [4.69, 9.17) is 4.74 Å². The molecule has 3 N–H and O–H groups in total. The molecule has 0 bridgehead atoms. The van der Waals surface area contributed by atoms with Crippen molar-refractivity contribution in [2.45, 2.75) is 52.4 Å². The van der Waals surface area contributed by atoms with Crippen molar-refractivity contribution >= 4 is 17.6 Å². The Kier molecular flexibility index (Phi) is 5.99. The van der Waals surface area contributed by atoms with E-state index >= 15 is 0 Å². The number of carbonyl (C=O) groups is 2. The average Bonchev–Trinajstić information content (AvgIpc) is 2.99. The van der Waals surface area contributed by atoms with Crippen LogP contribution in [-0.2, 0) is 9.59 Å². The van der Waals surface area contributed by atoms with Crippen LogP contribution in [-0.4, -0.2) is 34.2 Å². The fourth-order valence-electron chi connectivity index (χ4n) is 3.07. The van der Waals surface area contributed by atoms with E-state index in [0.717, 1.165) is 5.69 Å². The monoisotopic (exact) mass is 385 g/mol. The molecule has 0 aliphatic carbocycles. The molecule has 2 unspecified atom stereocenters. The van der Waals surface area contributed by atoms with Gasteiger partial charge in [-0.2, -0.15) is 5.10 Å². The maximum atomic E-state index is 12.3. The van der Waals surface area contributed by atoms with Crippen molar-refractivity contribution in [3.05, 3.63) is 41.6 Å². The Hall–Kier alpha value is -2.87. The number of hydrogen-bond acceptors (Lipinski definition) is 5. The molecule has 1 aromatic heterocycles. The second-order valence-electron chi connectivity index (χ2n) is 7.42. The normalized spacial score (nSPS) is 19.4. The summed E-state index contributed by atoms with van der Waals surface area (Å²) in [5.74, 6) is 1.21. The summed E-state index contributed by atoms with van der Waals surface area (Å²) in [6.07, 6.45) is -0.105. The molecule has 2 heterocycles. The Morgan fingerprint density at radius 2 is 2.07 bits per heavy atom. The number of aromatic nitrogens is 2. The summed E-state index contributed by atoms with van der Waals surface area (Å²) in [4.78, 5) is 24.2. The molecule has 1 aliphatic heterocycles. The Bertz CT molecular complexity index is 844. The van der Waals surface area contributed by atoms with Crippen LogP contribution in [0.1, 0.15) is 50.7 Å². The summed E-state index contributed by atoms with van der Waals surface area (Å²) in [6, 6.07) is 9.48. The lowest BCUT2D eigenvalue weighted by Gasteiger charge is -2.30. The number of benzene rings is 1. The molecule has 1 fully saturated rings. The van der Waals surface area contributed by atoms with E-state index in [1.54, 1.807) is 10.7 Å². The van der Waals surface area contributed by atoms with E-state index in [2.05, 4.69) is 34.9 Å². The van der Waals surface area contributed by atoms with Crippen LogP contribution in [0, 0.1) is 6.92 Å². The van der Waals surface area contributed by atoms with Crippen molar-refractivity contribution in [3.63, 3.8) is 0 Å². The molecule has 2 amide bonds. The van der Waals surface area contributed by atoms with Crippen LogP contribution in [0.4, 0.5) is 5.82 Å². The van der Waals surface area contributed by atoms with E-state index in [0.29, 0.717) is 23.9 Å². The largest absolute Gasteiger partial charge is 0.484 e. The Labute approximate surface area is 164 Å². The number of nitrogens with one attached hydrogen (secondary N) is 3. The summed E-state index contributed by atoms with van der Waals surface area (Å²) in [5.41, 5.74) is 1.95. The number of carbonyl (C=O) groups excluding carboxylic acids is 2. The van der Waals surface area contributed by atoms with Gasteiger partial charge < -0.3 is 15.4 Å². The van der Waals surface area contributed by atoms with Gasteiger partial charge in [0.25, 0.3) is 5.91 Å². The van der Waals surface area contributed by atoms with Gasteiger partial charge in [-0.3, -0.25) is 14.9 Å². The molecule has 1 aliphatic rings. The highest BCUT2D eigenvalue weighted by atomic mass is 16.5. The minimum atomic E-state index is -0.509. The molecule has 0 saturated carbocycles. The third-order valence-corrected chi connectivity index (χ3v) is 4.52. The van der Waals surface area contributed by atoms with Gasteiger partial charge in [0.05, 0.1) is 5.69 Å². The SMILES string of the molecule is Cc1cc(NC(=O)COc2ccc(C(C)C)cc2)n(C2NC(=O)CC(C)N2)n1. The first-order chi connectivity index (χ1) is 13.3. The first-order valence-corrected chi connectivity index (χ1v) is 9.46. The number of rotatable bonds is 6. The zero-order valence-corrected chi connectivity index (χ0v) is 16.7. The summed E-state index contributed by atoms with van der Waals surface area (Å²) < 4.78 is 7.14. The van der Waals surface area contributed by atoms with Crippen LogP contribution in [0.5, 0.6) is 5.75 Å². The highest BCUT2D eigenvalue weighted by Crippen LogP contribution is 2.19. The van der Waals surface area contributed by atoms with Crippen molar-refractivity contribution in [1.29, 1.82) is 0 Å².